The number of Topliss-reactive ketones (excluding diaryl/α,β-unsaturated/α-hetero) is 1. The van der Waals surface area contributed by atoms with E-state index in [-0.39, 0.29) is 17.5 Å². The maximum Gasteiger partial charge on any atom is 0.252 e. The maximum atomic E-state index is 13.5. The van der Waals surface area contributed by atoms with Crippen LogP contribution in [-0.2, 0) is 20.1 Å². The maximum absolute atomic E-state index is 13.5. The van der Waals surface area contributed by atoms with Crippen LogP contribution in [0.2, 0.25) is 0 Å². The highest BCUT2D eigenvalue weighted by atomic mass is 32.2. The first-order valence-corrected chi connectivity index (χ1v) is 13.5. The van der Waals surface area contributed by atoms with Crippen molar-refractivity contribution in [3.63, 3.8) is 0 Å². The minimum atomic E-state index is -0.891. The van der Waals surface area contributed by atoms with Gasteiger partial charge in [-0.15, -0.1) is 11.8 Å². The minimum absolute atomic E-state index is 0.0536. The van der Waals surface area contributed by atoms with Gasteiger partial charge < -0.3 is 19.3 Å². The molecule has 0 aliphatic heterocycles. The second-order valence-electron chi connectivity index (χ2n) is 9.00. The van der Waals surface area contributed by atoms with Crippen molar-refractivity contribution < 1.29 is 28.4 Å². The summed E-state index contributed by atoms with van der Waals surface area (Å²) in [4.78, 5) is 44.9. The van der Waals surface area contributed by atoms with Crippen LogP contribution in [0.15, 0.2) is 47.1 Å². The summed E-state index contributed by atoms with van der Waals surface area (Å²) in [6.07, 6.45) is 4.22. The predicted octanol–water partition coefficient (Wildman–Crippen LogP) is 5.02. The average molecular weight is 519 g/mol. The fourth-order valence-electron chi connectivity index (χ4n) is 3.59. The summed E-state index contributed by atoms with van der Waals surface area (Å²) in [5.74, 6) is 1.93. The summed E-state index contributed by atoms with van der Waals surface area (Å²) in [5, 5.41) is 4.02. The quantitative estimate of drug-likeness (QED) is 0.312. The second-order valence-corrected chi connectivity index (χ2v) is 9.98. The van der Waals surface area contributed by atoms with Gasteiger partial charge in [-0.05, 0) is 55.2 Å². The molecule has 0 aliphatic rings. The number of ketones is 1. The highest BCUT2D eigenvalue weighted by Gasteiger charge is 2.33. The van der Waals surface area contributed by atoms with E-state index in [1.54, 1.807) is 37.6 Å². The van der Waals surface area contributed by atoms with Crippen LogP contribution < -0.4 is 14.9 Å². The average Bonchev–Trinajstić information content (AvgIpc) is 3.37. The standard InChI is InChI=1S/C27H38N2O6S/c1-6-7-10-24(26(31)18-36-17-23-9-8-15-34-23)28-27(32)25(16-19(2)3)29(20(4)30)35-22-13-11-21(33-5)12-14-22/h8-9,11-15,19,24-25H,6-7,10,16-18H2,1-5H3,(H,28,32)/t24-,25-/m0/s1. The van der Waals surface area contributed by atoms with Crippen molar-refractivity contribution in [3.8, 4) is 11.5 Å². The summed E-state index contributed by atoms with van der Waals surface area (Å²) in [7, 11) is 1.56. The molecule has 1 aromatic carbocycles. The van der Waals surface area contributed by atoms with E-state index in [9.17, 15) is 14.4 Å². The molecule has 8 nitrogen and oxygen atoms in total. The number of amides is 2. The zero-order chi connectivity index (χ0) is 26.5. The van der Waals surface area contributed by atoms with Gasteiger partial charge in [0.2, 0.25) is 5.91 Å². The number of carbonyl (C=O) groups is 3. The van der Waals surface area contributed by atoms with E-state index in [4.69, 9.17) is 14.0 Å². The highest BCUT2D eigenvalue weighted by Crippen LogP contribution is 2.22. The molecule has 198 valence electrons. The van der Waals surface area contributed by atoms with Gasteiger partial charge in [-0.2, -0.15) is 5.06 Å². The van der Waals surface area contributed by atoms with Crippen molar-refractivity contribution in [2.45, 2.75) is 71.2 Å². The minimum Gasteiger partial charge on any atom is -0.497 e. The molecular weight excluding hydrogens is 480 g/mol. The van der Waals surface area contributed by atoms with Gasteiger partial charge in [-0.25, -0.2) is 0 Å². The van der Waals surface area contributed by atoms with E-state index in [2.05, 4.69) is 5.32 Å². The molecule has 36 heavy (non-hydrogen) atoms. The van der Waals surface area contributed by atoms with Gasteiger partial charge >= 0.3 is 0 Å². The third kappa shape index (κ3) is 9.60. The molecule has 0 saturated carbocycles. The fourth-order valence-corrected chi connectivity index (χ4v) is 4.46. The Morgan fingerprint density at radius 2 is 1.81 bits per heavy atom. The van der Waals surface area contributed by atoms with Gasteiger partial charge in [-0.3, -0.25) is 14.4 Å². The van der Waals surface area contributed by atoms with E-state index in [1.165, 1.54) is 18.7 Å². The third-order valence-electron chi connectivity index (χ3n) is 5.47. The SMILES string of the molecule is CCCC[C@H](NC(=O)[C@H](CC(C)C)N(Oc1ccc(OC)cc1)C(C)=O)C(=O)CSCc1ccco1. The van der Waals surface area contributed by atoms with E-state index in [0.29, 0.717) is 30.1 Å². The molecule has 0 fully saturated rings. The lowest BCUT2D eigenvalue weighted by atomic mass is 10.0. The molecule has 0 radical (unpaired) electrons. The number of carbonyl (C=O) groups excluding carboxylic acids is 3. The Labute approximate surface area is 218 Å². The Kier molecular flexibility index (Phi) is 12.4. The molecule has 0 spiro atoms. The summed E-state index contributed by atoms with van der Waals surface area (Å²) in [6, 6.07) is 8.92. The van der Waals surface area contributed by atoms with Crippen molar-refractivity contribution in [1.82, 2.24) is 10.4 Å². The number of nitrogens with one attached hydrogen (secondary N) is 1. The van der Waals surface area contributed by atoms with E-state index < -0.39 is 23.9 Å². The van der Waals surface area contributed by atoms with Crippen LogP contribution >= 0.6 is 11.8 Å². The lowest BCUT2D eigenvalue weighted by Crippen LogP contribution is -2.54. The number of methoxy groups -OCH3 is 1. The van der Waals surface area contributed by atoms with E-state index in [0.717, 1.165) is 23.7 Å². The van der Waals surface area contributed by atoms with Gasteiger partial charge in [0.15, 0.2) is 11.5 Å². The van der Waals surface area contributed by atoms with Crippen molar-refractivity contribution in [1.29, 1.82) is 0 Å². The summed E-state index contributed by atoms with van der Waals surface area (Å²) in [6.45, 7) is 7.33. The second kappa shape index (κ2) is 15.2. The van der Waals surface area contributed by atoms with Crippen molar-refractivity contribution in [2.75, 3.05) is 12.9 Å². The van der Waals surface area contributed by atoms with Crippen molar-refractivity contribution in [3.05, 3.63) is 48.4 Å². The molecule has 0 bridgehead atoms. The number of unbranched alkanes of at least 4 members (excludes halogenated alkanes) is 1. The Hall–Kier alpha value is -2.94. The number of ether oxygens (including phenoxy) is 1. The fraction of sp³-hybridized carbons (Fsp3) is 0.519. The number of hydroxylamine groups is 2. The van der Waals surface area contributed by atoms with Crippen molar-refractivity contribution in [2.24, 2.45) is 5.92 Å². The Morgan fingerprint density at radius 3 is 2.36 bits per heavy atom. The first-order valence-electron chi connectivity index (χ1n) is 12.3. The molecule has 2 aromatic rings. The summed E-state index contributed by atoms with van der Waals surface area (Å²) >= 11 is 1.45. The van der Waals surface area contributed by atoms with Crippen LogP contribution in [0.1, 0.15) is 59.1 Å². The van der Waals surface area contributed by atoms with Gasteiger partial charge in [0.05, 0.1) is 30.9 Å². The number of hydrogen-bond acceptors (Lipinski definition) is 7. The van der Waals surface area contributed by atoms with Gasteiger partial charge in [-0.1, -0.05) is 33.6 Å². The predicted molar refractivity (Wildman–Crippen MR) is 141 cm³/mol. The zero-order valence-corrected chi connectivity index (χ0v) is 22.6. The monoisotopic (exact) mass is 518 g/mol. The molecule has 2 rings (SSSR count). The molecule has 0 saturated heterocycles. The van der Waals surface area contributed by atoms with E-state index >= 15 is 0 Å². The van der Waals surface area contributed by atoms with Crippen molar-refractivity contribution >= 4 is 29.4 Å². The van der Waals surface area contributed by atoms with Crippen LogP contribution in [0.25, 0.3) is 0 Å². The molecule has 0 unspecified atom stereocenters. The number of thioether (sulfide) groups is 1. The Morgan fingerprint density at radius 1 is 1.11 bits per heavy atom. The topological polar surface area (TPSA) is 98.1 Å². The smallest absolute Gasteiger partial charge is 0.252 e. The van der Waals surface area contributed by atoms with Crippen LogP contribution in [0.4, 0.5) is 0 Å². The summed E-state index contributed by atoms with van der Waals surface area (Å²) in [5.41, 5.74) is 0. The van der Waals surface area contributed by atoms with Gasteiger partial charge in [0.1, 0.15) is 17.6 Å². The molecule has 1 heterocycles. The normalized spacial score (nSPS) is 12.6. The number of benzene rings is 1. The highest BCUT2D eigenvalue weighted by molar-refractivity contribution is 7.99. The Bertz CT molecular complexity index is 946. The largest absolute Gasteiger partial charge is 0.497 e. The third-order valence-corrected chi connectivity index (χ3v) is 6.45. The van der Waals surface area contributed by atoms with E-state index in [1.807, 2.05) is 32.9 Å². The van der Waals surface area contributed by atoms with Gasteiger partial charge in [0.25, 0.3) is 5.91 Å². The molecular formula is C27H38N2O6S. The van der Waals surface area contributed by atoms with Crippen LogP contribution in [-0.4, -0.2) is 47.6 Å². The molecule has 1 N–H and O–H groups in total. The van der Waals surface area contributed by atoms with Gasteiger partial charge in [0, 0.05) is 6.92 Å². The lowest BCUT2D eigenvalue weighted by Gasteiger charge is -2.31. The first-order chi connectivity index (χ1) is 17.2. The van der Waals surface area contributed by atoms with Crippen LogP contribution in [0, 0.1) is 5.92 Å². The van der Waals surface area contributed by atoms with Crippen LogP contribution in [0.3, 0.4) is 0 Å². The summed E-state index contributed by atoms with van der Waals surface area (Å²) < 4.78 is 10.5. The van der Waals surface area contributed by atoms with Crippen LogP contribution in [0.5, 0.6) is 11.5 Å². The number of nitrogens with zero attached hydrogens (tertiary/aromatic N) is 1. The number of hydrogen-bond donors (Lipinski definition) is 1. The number of rotatable bonds is 16. The Balaban J connectivity index is 2.14. The molecule has 2 amide bonds. The first kappa shape index (κ1) is 29.3. The molecule has 0 aliphatic carbocycles. The zero-order valence-electron chi connectivity index (χ0n) is 21.8. The molecule has 1 aromatic heterocycles. The molecule has 2 atom stereocenters. The number of furan rings is 1. The molecule has 9 heteroatoms. The lowest BCUT2D eigenvalue weighted by molar-refractivity contribution is -0.170.